The van der Waals surface area contributed by atoms with Gasteiger partial charge in [0, 0.05) is 44.6 Å². The molecule has 1 saturated heterocycles. The lowest BCUT2D eigenvalue weighted by atomic mass is 9.89. The van der Waals surface area contributed by atoms with Crippen molar-refractivity contribution in [2.75, 3.05) is 39.8 Å². The van der Waals surface area contributed by atoms with Crippen molar-refractivity contribution < 1.29 is 4.79 Å². The van der Waals surface area contributed by atoms with Gasteiger partial charge >= 0.3 is 0 Å². The molecule has 1 aliphatic rings. The molecule has 1 heterocycles. The van der Waals surface area contributed by atoms with Crippen LogP contribution in [0.1, 0.15) is 27.2 Å². The zero-order chi connectivity index (χ0) is 11.5. The normalized spacial score (nSPS) is 20.5. The molecule has 3 nitrogen and oxygen atoms in total. The zero-order valence-corrected chi connectivity index (χ0v) is 10.5. The molecule has 1 aliphatic heterocycles. The molecule has 0 N–H and O–H groups in total. The van der Waals surface area contributed by atoms with Crippen molar-refractivity contribution in [3.8, 4) is 0 Å². The van der Waals surface area contributed by atoms with Crippen LogP contribution in [0.25, 0.3) is 0 Å². The third kappa shape index (κ3) is 4.31. The van der Waals surface area contributed by atoms with Crippen LogP contribution >= 0.6 is 0 Å². The Balaban J connectivity index is 2.23. The van der Waals surface area contributed by atoms with Crippen LogP contribution in [-0.4, -0.2) is 55.4 Å². The van der Waals surface area contributed by atoms with Gasteiger partial charge in [0.2, 0.25) is 0 Å². The Bertz CT molecular complexity index is 212. The number of likely N-dealkylation sites (N-methyl/N-ethyl adjacent to an activating group) is 1. The van der Waals surface area contributed by atoms with Crippen molar-refractivity contribution in [3.05, 3.63) is 0 Å². The molecule has 0 radical (unpaired) electrons. The van der Waals surface area contributed by atoms with Gasteiger partial charge in [0.1, 0.15) is 5.78 Å². The molecular formula is C12H24N2O. The fraction of sp³-hybridized carbons (Fsp3) is 0.917. The van der Waals surface area contributed by atoms with Crippen LogP contribution < -0.4 is 0 Å². The van der Waals surface area contributed by atoms with Gasteiger partial charge in [-0.25, -0.2) is 0 Å². The standard InChI is InChI=1S/C12H24N2O/c1-12(2,3)11(15)5-6-14-9-7-13(4)8-10-14/h5-10H2,1-4H3. The van der Waals surface area contributed by atoms with Gasteiger partial charge in [-0.15, -0.1) is 0 Å². The molecule has 15 heavy (non-hydrogen) atoms. The van der Waals surface area contributed by atoms with Crippen LogP contribution in [0.3, 0.4) is 0 Å². The molecule has 0 amide bonds. The number of nitrogens with zero attached hydrogens (tertiary/aromatic N) is 2. The van der Waals surface area contributed by atoms with E-state index < -0.39 is 0 Å². The van der Waals surface area contributed by atoms with Gasteiger partial charge in [0.05, 0.1) is 0 Å². The van der Waals surface area contributed by atoms with Crippen LogP contribution in [0.4, 0.5) is 0 Å². The van der Waals surface area contributed by atoms with Gasteiger partial charge in [-0.3, -0.25) is 4.79 Å². The molecule has 3 heteroatoms. The number of Topliss-reactive ketones (excluding diaryl/α,β-unsaturated/α-hetero) is 1. The van der Waals surface area contributed by atoms with Crippen molar-refractivity contribution in [3.63, 3.8) is 0 Å². The van der Waals surface area contributed by atoms with Crippen LogP contribution in [0.2, 0.25) is 0 Å². The van der Waals surface area contributed by atoms with Gasteiger partial charge in [-0.1, -0.05) is 20.8 Å². The molecule has 0 unspecified atom stereocenters. The van der Waals surface area contributed by atoms with Crippen molar-refractivity contribution in [1.82, 2.24) is 9.80 Å². The molecule has 0 saturated carbocycles. The number of hydrogen-bond donors (Lipinski definition) is 0. The zero-order valence-electron chi connectivity index (χ0n) is 10.5. The van der Waals surface area contributed by atoms with E-state index >= 15 is 0 Å². The minimum Gasteiger partial charge on any atom is -0.304 e. The highest BCUT2D eigenvalue weighted by Crippen LogP contribution is 2.17. The highest BCUT2D eigenvalue weighted by molar-refractivity contribution is 5.83. The van der Waals surface area contributed by atoms with E-state index in [0.717, 1.165) is 32.7 Å². The second-order valence-electron chi connectivity index (χ2n) is 5.57. The SMILES string of the molecule is CN1CCN(CCC(=O)C(C)(C)C)CC1. The van der Waals surface area contributed by atoms with Crippen LogP contribution in [-0.2, 0) is 4.79 Å². The third-order valence-electron chi connectivity index (χ3n) is 3.09. The minimum atomic E-state index is -0.174. The first-order chi connectivity index (χ1) is 6.89. The summed E-state index contributed by atoms with van der Waals surface area (Å²) < 4.78 is 0. The maximum atomic E-state index is 11.7. The van der Waals surface area contributed by atoms with E-state index in [0.29, 0.717) is 12.2 Å². The smallest absolute Gasteiger partial charge is 0.139 e. The van der Waals surface area contributed by atoms with Crippen molar-refractivity contribution in [2.24, 2.45) is 5.41 Å². The first kappa shape index (κ1) is 12.7. The number of carbonyl (C=O) groups is 1. The summed E-state index contributed by atoms with van der Waals surface area (Å²) in [6.07, 6.45) is 0.702. The number of hydrogen-bond acceptors (Lipinski definition) is 3. The van der Waals surface area contributed by atoms with Gasteiger partial charge < -0.3 is 9.80 Å². The molecule has 0 aliphatic carbocycles. The maximum Gasteiger partial charge on any atom is 0.139 e. The van der Waals surface area contributed by atoms with Gasteiger partial charge in [0.15, 0.2) is 0 Å². The first-order valence-electron chi connectivity index (χ1n) is 5.84. The lowest BCUT2D eigenvalue weighted by molar-refractivity contribution is -0.126. The number of piperazine rings is 1. The minimum absolute atomic E-state index is 0.174. The lowest BCUT2D eigenvalue weighted by Gasteiger charge is -2.32. The van der Waals surface area contributed by atoms with Gasteiger partial charge in [0.25, 0.3) is 0 Å². The van der Waals surface area contributed by atoms with Crippen molar-refractivity contribution in [2.45, 2.75) is 27.2 Å². The average Bonchev–Trinajstić information content (AvgIpc) is 2.15. The monoisotopic (exact) mass is 212 g/mol. The average molecular weight is 212 g/mol. The molecular weight excluding hydrogens is 188 g/mol. The summed E-state index contributed by atoms with van der Waals surface area (Å²) in [7, 11) is 2.15. The topological polar surface area (TPSA) is 23.6 Å². The number of ketones is 1. The van der Waals surface area contributed by atoms with E-state index in [2.05, 4.69) is 16.8 Å². The Hall–Kier alpha value is -0.410. The summed E-state index contributed by atoms with van der Waals surface area (Å²) in [5.74, 6) is 0.376. The second-order valence-corrected chi connectivity index (χ2v) is 5.57. The summed E-state index contributed by atoms with van der Waals surface area (Å²) in [6.45, 7) is 11.4. The predicted molar refractivity (Wildman–Crippen MR) is 63.0 cm³/mol. The summed E-state index contributed by atoms with van der Waals surface area (Å²) in [6, 6.07) is 0. The van der Waals surface area contributed by atoms with Crippen LogP contribution in [0.5, 0.6) is 0 Å². The number of rotatable bonds is 3. The summed E-state index contributed by atoms with van der Waals surface area (Å²) in [4.78, 5) is 16.5. The maximum absolute atomic E-state index is 11.7. The summed E-state index contributed by atoms with van der Waals surface area (Å²) >= 11 is 0. The molecule has 1 fully saturated rings. The molecule has 0 aromatic carbocycles. The first-order valence-corrected chi connectivity index (χ1v) is 5.84. The Morgan fingerprint density at radius 3 is 2.13 bits per heavy atom. The van der Waals surface area contributed by atoms with E-state index in [9.17, 15) is 4.79 Å². The molecule has 0 aromatic rings. The number of carbonyl (C=O) groups excluding carboxylic acids is 1. The van der Waals surface area contributed by atoms with E-state index in [1.807, 2.05) is 20.8 Å². The third-order valence-corrected chi connectivity index (χ3v) is 3.09. The van der Waals surface area contributed by atoms with E-state index in [1.165, 1.54) is 0 Å². The fourth-order valence-electron chi connectivity index (χ4n) is 1.71. The molecule has 0 bridgehead atoms. The van der Waals surface area contributed by atoms with Gasteiger partial charge in [-0.2, -0.15) is 0 Å². The molecule has 1 rings (SSSR count). The Kier molecular flexibility index (Phi) is 4.29. The largest absolute Gasteiger partial charge is 0.304 e. The van der Waals surface area contributed by atoms with Gasteiger partial charge in [-0.05, 0) is 7.05 Å². The molecule has 0 aromatic heterocycles. The fourth-order valence-corrected chi connectivity index (χ4v) is 1.71. The quantitative estimate of drug-likeness (QED) is 0.703. The van der Waals surface area contributed by atoms with Crippen LogP contribution in [0.15, 0.2) is 0 Å². The van der Waals surface area contributed by atoms with Crippen molar-refractivity contribution >= 4 is 5.78 Å². The van der Waals surface area contributed by atoms with E-state index in [-0.39, 0.29) is 5.41 Å². The van der Waals surface area contributed by atoms with E-state index in [1.54, 1.807) is 0 Å². The highest BCUT2D eigenvalue weighted by atomic mass is 16.1. The molecule has 0 atom stereocenters. The van der Waals surface area contributed by atoms with Crippen molar-refractivity contribution in [1.29, 1.82) is 0 Å². The molecule has 88 valence electrons. The Morgan fingerprint density at radius 1 is 1.13 bits per heavy atom. The lowest BCUT2D eigenvalue weighted by Crippen LogP contribution is -2.45. The highest BCUT2D eigenvalue weighted by Gasteiger charge is 2.22. The summed E-state index contributed by atoms with van der Waals surface area (Å²) in [5.41, 5.74) is -0.174. The second kappa shape index (κ2) is 5.08. The predicted octanol–water partition coefficient (Wildman–Crippen LogP) is 1.24. The summed E-state index contributed by atoms with van der Waals surface area (Å²) in [5, 5.41) is 0. The van der Waals surface area contributed by atoms with E-state index in [4.69, 9.17) is 0 Å². The Labute approximate surface area is 93.4 Å². The van der Waals surface area contributed by atoms with Crippen LogP contribution in [0, 0.1) is 5.41 Å². The Morgan fingerprint density at radius 2 is 1.67 bits per heavy atom. The molecule has 0 spiro atoms.